The molecule has 2 fully saturated rings. The van der Waals surface area contributed by atoms with Crippen molar-refractivity contribution in [1.29, 1.82) is 0 Å². The third-order valence-corrected chi connectivity index (χ3v) is 8.96. The first-order valence-electron chi connectivity index (χ1n) is 12.0. The number of hydrogen-bond donors (Lipinski definition) is 1. The molecular weight excluding hydrogens is 502 g/mol. The van der Waals surface area contributed by atoms with E-state index in [1.807, 2.05) is 0 Å². The zero-order valence-corrected chi connectivity index (χ0v) is 21.9. The second kappa shape index (κ2) is 10.7. The number of ketones is 1. The van der Waals surface area contributed by atoms with Crippen LogP contribution >= 0.6 is 11.6 Å². The number of likely N-dealkylation sites (tertiary alicyclic amines) is 2. The van der Waals surface area contributed by atoms with Gasteiger partial charge in [0.1, 0.15) is 0 Å². The average molecular weight is 532 g/mol. The molecule has 4 rings (SSSR count). The van der Waals surface area contributed by atoms with Gasteiger partial charge in [-0.25, -0.2) is 12.7 Å². The summed E-state index contributed by atoms with van der Waals surface area (Å²) in [4.78, 5) is 29.2. The van der Waals surface area contributed by atoms with Gasteiger partial charge in [0.25, 0.3) is 5.91 Å². The Hall–Kier alpha value is -2.72. The van der Waals surface area contributed by atoms with E-state index in [0.717, 1.165) is 30.2 Å². The predicted molar refractivity (Wildman–Crippen MR) is 135 cm³/mol. The van der Waals surface area contributed by atoms with Crippen LogP contribution in [-0.4, -0.2) is 69.6 Å². The monoisotopic (exact) mass is 531 g/mol. The lowest BCUT2D eigenvalue weighted by Gasteiger charge is -2.30. The van der Waals surface area contributed by atoms with Crippen molar-refractivity contribution in [2.75, 3.05) is 40.3 Å². The highest BCUT2D eigenvalue weighted by Crippen LogP contribution is 2.38. The summed E-state index contributed by atoms with van der Waals surface area (Å²) in [5.41, 5.74) is 0.646. The molecule has 1 N–H and O–H groups in total. The number of quaternary nitrogens is 1. The molecular formula is C26H30ClN3O5S. The van der Waals surface area contributed by atoms with Gasteiger partial charge in [-0.3, -0.25) is 9.59 Å². The van der Waals surface area contributed by atoms with E-state index in [1.165, 1.54) is 54.6 Å². The highest BCUT2D eigenvalue weighted by Gasteiger charge is 2.44. The van der Waals surface area contributed by atoms with E-state index >= 15 is 0 Å². The maximum absolute atomic E-state index is 13.6. The molecule has 2 aliphatic heterocycles. The molecule has 2 aliphatic rings. The summed E-state index contributed by atoms with van der Waals surface area (Å²) in [5.74, 6) is -2.10. The summed E-state index contributed by atoms with van der Waals surface area (Å²) in [6.45, 7) is 3.10. The summed E-state index contributed by atoms with van der Waals surface area (Å²) in [5, 5.41) is 14.1. The van der Waals surface area contributed by atoms with E-state index in [0.29, 0.717) is 23.7 Å². The number of amides is 1. The van der Waals surface area contributed by atoms with E-state index in [1.54, 1.807) is 24.3 Å². The number of halogens is 1. The number of carbonyl (C=O) groups excluding carboxylic acids is 2. The highest BCUT2D eigenvalue weighted by molar-refractivity contribution is 7.89. The van der Waals surface area contributed by atoms with Gasteiger partial charge in [-0.1, -0.05) is 41.6 Å². The van der Waals surface area contributed by atoms with E-state index in [4.69, 9.17) is 11.6 Å². The van der Waals surface area contributed by atoms with Crippen LogP contribution in [0, 0.1) is 0 Å². The number of benzene rings is 2. The molecule has 1 atom stereocenters. The third kappa shape index (κ3) is 5.20. The lowest BCUT2D eigenvalue weighted by atomic mass is 9.95. The smallest absolute Gasteiger partial charge is 0.295 e. The zero-order valence-electron chi connectivity index (χ0n) is 20.4. The molecule has 36 heavy (non-hydrogen) atoms. The molecule has 2 aromatic rings. The Balaban J connectivity index is 1.72. The van der Waals surface area contributed by atoms with Crippen molar-refractivity contribution in [3.8, 4) is 0 Å². The van der Waals surface area contributed by atoms with Crippen LogP contribution in [0.15, 0.2) is 59.0 Å². The fourth-order valence-corrected chi connectivity index (χ4v) is 5.85. The van der Waals surface area contributed by atoms with Gasteiger partial charge in [-0.2, -0.15) is 0 Å². The van der Waals surface area contributed by atoms with Gasteiger partial charge in [0.15, 0.2) is 0 Å². The van der Waals surface area contributed by atoms with E-state index in [-0.39, 0.29) is 16.0 Å². The normalized spacial score (nSPS) is 20.9. The second-order valence-corrected chi connectivity index (χ2v) is 12.0. The number of Topliss-reactive ketones (excluding diaryl/α,β-unsaturated/α-hetero) is 1. The van der Waals surface area contributed by atoms with Crippen molar-refractivity contribution in [1.82, 2.24) is 9.21 Å². The maximum Gasteiger partial charge on any atom is 0.295 e. The second-order valence-electron chi connectivity index (χ2n) is 9.40. The van der Waals surface area contributed by atoms with Crippen LogP contribution in [-0.2, 0) is 19.6 Å². The van der Waals surface area contributed by atoms with Gasteiger partial charge in [0, 0.05) is 24.7 Å². The fourth-order valence-electron chi connectivity index (χ4n) is 4.82. The molecule has 2 saturated heterocycles. The highest BCUT2D eigenvalue weighted by atomic mass is 35.5. The van der Waals surface area contributed by atoms with Crippen molar-refractivity contribution in [3.05, 3.63) is 70.3 Å². The molecule has 0 aliphatic carbocycles. The van der Waals surface area contributed by atoms with Crippen molar-refractivity contribution in [2.45, 2.75) is 30.2 Å². The van der Waals surface area contributed by atoms with Crippen molar-refractivity contribution in [3.63, 3.8) is 0 Å². The van der Waals surface area contributed by atoms with Crippen molar-refractivity contribution >= 4 is 39.1 Å². The van der Waals surface area contributed by atoms with Crippen molar-refractivity contribution in [2.24, 2.45) is 0 Å². The maximum atomic E-state index is 13.6. The van der Waals surface area contributed by atoms with E-state index < -0.39 is 33.5 Å². The molecule has 192 valence electrons. The Bertz CT molecular complexity index is 1270. The summed E-state index contributed by atoms with van der Waals surface area (Å²) in [6.07, 6.45) is 3.48. The first-order valence-corrected chi connectivity index (χ1v) is 13.8. The van der Waals surface area contributed by atoms with Gasteiger partial charge in [0.2, 0.25) is 15.8 Å². The van der Waals surface area contributed by atoms with Crippen LogP contribution in [0.5, 0.6) is 0 Å². The lowest BCUT2D eigenvalue weighted by molar-refractivity contribution is -0.904. The number of hydrogen-bond acceptors (Lipinski definition) is 5. The Kier molecular flexibility index (Phi) is 7.85. The largest absolute Gasteiger partial charge is 0.872 e. The molecule has 2 aromatic carbocycles. The number of piperidine rings is 1. The number of carbonyl (C=O) groups is 2. The van der Waals surface area contributed by atoms with Crippen LogP contribution in [0.1, 0.15) is 36.4 Å². The van der Waals surface area contributed by atoms with Gasteiger partial charge < -0.3 is 14.9 Å². The molecule has 1 amide bonds. The van der Waals surface area contributed by atoms with Gasteiger partial charge >= 0.3 is 0 Å². The average Bonchev–Trinajstić information content (AvgIpc) is 3.13. The standard InChI is InChI=1S/C26H30ClN3O5S/c1-28(2)36(34,35)21-12-8-19(9-13-21)24(31)22-23(18-6-10-20(27)11-7-18)30(26(33)25(22)32)17-16-29-14-4-3-5-15-29/h6-13,23,31H,3-5,14-17H2,1-2H3/b24-22+. The van der Waals surface area contributed by atoms with Crippen LogP contribution < -0.4 is 10.0 Å². The molecule has 2 heterocycles. The Labute approximate surface area is 216 Å². The number of rotatable bonds is 7. The molecule has 10 heteroatoms. The first-order chi connectivity index (χ1) is 17.1. The van der Waals surface area contributed by atoms with Crippen LogP contribution in [0.25, 0.3) is 5.76 Å². The summed E-state index contributed by atoms with van der Waals surface area (Å²) < 4.78 is 25.9. The summed E-state index contributed by atoms with van der Waals surface area (Å²) >= 11 is 6.07. The zero-order chi connectivity index (χ0) is 26.0. The van der Waals surface area contributed by atoms with Crippen LogP contribution in [0.4, 0.5) is 0 Å². The third-order valence-electron chi connectivity index (χ3n) is 6.88. The summed E-state index contributed by atoms with van der Waals surface area (Å²) in [6, 6.07) is 11.4. The Morgan fingerprint density at radius 2 is 1.64 bits per heavy atom. The molecule has 1 unspecified atom stereocenters. The SMILES string of the molecule is CN(C)S(=O)(=O)c1ccc(/C([O-])=C2\C(=O)C(=O)N(CC[NH+]3CCCCC3)C2c2ccc(Cl)cc2)cc1. The molecule has 8 nitrogen and oxygen atoms in total. The lowest BCUT2D eigenvalue weighted by Crippen LogP contribution is -3.13. The van der Waals surface area contributed by atoms with Crippen LogP contribution in [0.3, 0.4) is 0 Å². The van der Waals surface area contributed by atoms with Gasteiger partial charge in [0.05, 0.1) is 37.1 Å². The van der Waals surface area contributed by atoms with Crippen LogP contribution in [0.2, 0.25) is 5.02 Å². The minimum Gasteiger partial charge on any atom is -0.872 e. The summed E-state index contributed by atoms with van der Waals surface area (Å²) in [7, 11) is -0.830. The first kappa shape index (κ1) is 26.3. The fraction of sp³-hybridized carbons (Fsp3) is 0.385. The minimum atomic E-state index is -3.67. The van der Waals surface area contributed by atoms with Gasteiger partial charge in [-0.05, 0) is 54.7 Å². The molecule has 0 spiro atoms. The molecule has 0 radical (unpaired) electrons. The quantitative estimate of drug-likeness (QED) is 0.325. The predicted octanol–water partition coefficient (Wildman–Crippen LogP) is 0.883. The minimum absolute atomic E-state index is 0.0308. The van der Waals surface area contributed by atoms with Crippen molar-refractivity contribution < 1.29 is 28.0 Å². The molecule has 0 bridgehead atoms. The Morgan fingerprint density at radius 1 is 1.03 bits per heavy atom. The topological polar surface area (TPSA) is 102 Å². The molecule has 0 aromatic heterocycles. The molecule has 0 saturated carbocycles. The van der Waals surface area contributed by atoms with E-state index in [2.05, 4.69) is 0 Å². The number of nitrogens with one attached hydrogen (secondary N) is 1. The number of nitrogens with zero attached hydrogens (tertiary/aromatic N) is 2. The number of sulfonamides is 1. The van der Waals surface area contributed by atoms with E-state index in [9.17, 15) is 23.1 Å². The Morgan fingerprint density at radius 3 is 2.22 bits per heavy atom. The van der Waals surface area contributed by atoms with Gasteiger partial charge in [-0.15, -0.1) is 0 Å².